The largest absolute Gasteiger partial charge is 0.427 e. The zero-order valence-corrected chi connectivity index (χ0v) is 14.2. The number of benzene rings is 1. The van der Waals surface area contributed by atoms with Gasteiger partial charge in [-0.3, -0.25) is 4.79 Å². The summed E-state index contributed by atoms with van der Waals surface area (Å²) in [7, 11) is 3.25. The Morgan fingerprint density at radius 3 is 2.67 bits per heavy atom. The summed E-state index contributed by atoms with van der Waals surface area (Å²) in [5.41, 5.74) is 1.10. The lowest BCUT2D eigenvalue weighted by molar-refractivity contribution is -0.134. The molecular formula is C16H16O2S3. The molecule has 5 heteroatoms. The molecule has 2 nitrogen and oxygen atoms in total. The zero-order chi connectivity index (χ0) is 15.1. The van der Waals surface area contributed by atoms with E-state index in [9.17, 15) is 4.79 Å². The molecule has 0 N–H and O–H groups in total. The minimum Gasteiger partial charge on any atom is -0.427 e. The molecule has 1 aromatic heterocycles. The highest BCUT2D eigenvalue weighted by Gasteiger charge is 2.05. The summed E-state index contributed by atoms with van der Waals surface area (Å²) in [4.78, 5) is 12.8. The Labute approximate surface area is 137 Å². The van der Waals surface area contributed by atoms with E-state index in [0.717, 1.165) is 27.1 Å². The van der Waals surface area contributed by atoms with Gasteiger partial charge in [-0.25, -0.2) is 0 Å². The Kier molecular flexibility index (Phi) is 6.29. The molecule has 1 heterocycles. The van der Waals surface area contributed by atoms with Crippen LogP contribution in [0.1, 0.15) is 26.2 Å². The SMILES string of the molecule is C/C=C\CCCC(=O)Oc1ccc(-c2cc(=S)ss2)cc1. The lowest BCUT2D eigenvalue weighted by Crippen LogP contribution is -2.07. The predicted molar refractivity (Wildman–Crippen MR) is 92.8 cm³/mol. The number of hydrogen-bond acceptors (Lipinski definition) is 5. The summed E-state index contributed by atoms with van der Waals surface area (Å²) in [5, 5.41) is 0. The molecule has 0 saturated heterocycles. The van der Waals surface area contributed by atoms with Crippen LogP contribution in [0.4, 0.5) is 0 Å². The van der Waals surface area contributed by atoms with Gasteiger partial charge in [0.2, 0.25) is 0 Å². The molecule has 0 saturated carbocycles. The van der Waals surface area contributed by atoms with Crippen molar-refractivity contribution >= 4 is 38.9 Å². The normalized spacial score (nSPS) is 10.9. The first-order chi connectivity index (χ1) is 10.2. The van der Waals surface area contributed by atoms with Crippen LogP contribution in [0.25, 0.3) is 10.4 Å². The third-order valence-corrected chi connectivity index (χ3v) is 5.73. The number of carbonyl (C=O) groups is 1. The van der Waals surface area contributed by atoms with Gasteiger partial charge in [0.25, 0.3) is 0 Å². The molecule has 0 aliphatic heterocycles. The first-order valence-electron chi connectivity index (χ1n) is 6.71. The van der Waals surface area contributed by atoms with E-state index in [4.69, 9.17) is 17.0 Å². The Balaban J connectivity index is 1.90. The quantitative estimate of drug-likeness (QED) is 0.165. The number of rotatable bonds is 6. The lowest BCUT2D eigenvalue weighted by atomic mass is 10.2. The molecule has 1 aromatic carbocycles. The highest BCUT2D eigenvalue weighted by molar-refractivity contribution is 7.80. The van der Waals surface area contributed by atoms with Crippen LogP contribution in [0.3, 0.4) is 0 Å². The van der Waals surface area contributed by atoms with E-state index >= 15 is 0 Å². The first kappa shape index (κ1) is 16.1. The maximum Gasteiger partial charge on any atom is 0.311 e. The molecule has 2 aromatic rings. The molecule has 0 bridgehead atoms. The highest BCUT2D eigenvalue weighted by Crippen LogP contribution is 2.30. The predicted octanol–water partition coefficient (Wildman–Crippen LogP) is 5.86. The van der Waals surface area contributed by atoms with Crippen LogP contribution in [0.15, 0.2) is 42.5 Å². The second-order valence-electron chi connectivity index (χ2n) is 4.45. The highest BCUT2D eigenvalue weighted by atomic mass is 32.9. The second kappa shape index (κ2) is 8.22. The number of allylic oxidation sites excluding steroid dienone is 2. The molecule has 0 amide bonds. The summed E-state index contributed by atoms with van der Waals surface area (Å²) >= 11 is 5.13. The van der Waals surface area contributed by atoms with E-state index in [0.29, 0.717) is 12.2 Å². The van der Waals surface area contributed by atoms with Gasteiger partial charge in [0.15, 0.2) is 0 Å². The minimum absolute atomic E-state index is 0.182. The fraction of sp³-hybridized carbons (Fsp3) is 0.250. The van der Waals surface area contributed by atoms with E-state index < -0.39 is 0 Å². The Morgan fingerprint density at radius 2 is 2.05 bits per heavy atom. The van der Waals surface area contributed by atoms with Gasteiger partial charge in [-0.05, 0) is 55.7 Å². The van der Waals surface area contributed by atoms with Crippen LogP contribution < -0.4 is 4.74 Å². The van der Waals surface area contributed by atoms with E-state index in [-0.39, 0.29) is 5.97 Å². The van der Waals surface area contributed by atoms with Crippen molar-refractivity contribution in [3.63, 3.8) is 0 Å². The topological polar surface area (TPSA) is 26.3 Å². The third-order valence-electron chi connectivity index (χ3n) is 2.82. The fourth-order valence-corrected chi connectivity index (χ4v) is 4.18. The standard InChI is InChI=1S/C16H16O2S3/c1-2-3-4-5-6-15(17)18-13-9-7-12(8-10-13)14-11-16(19)21-20-14/h2-3,7-11H,4-6H2,1H3/b3-2-. The van der Waals surface area contributed by atoms with Crippen molar-refractivity contribution in [2.24, 2.45) is 0 Å². The maximum atomic E-state index is 11.7. The Bertz CT molecular complexity index is 665. The summed E-state index contributed by atoms with van der Waals surface area (Å²) in [5.74, 6) is 0.409. The van der Waals surface area contributed by atoms with Crippen LogP contribution in [0, 0.1) is 3.82 Å². The molecule has 21 heavy (non-hydrogen) atoms. The summed E-state index contributed by atoms with van der Waals surface area (Å²) in [6, 6.07) is 9.55. The van der Waals surface area contributed by atoms with Crippen LogP contribution >= 0.6 is 32.9 Å². The summed E-state index contributed by atoms with van der Waals surface area (Å²) in [6.45, 7) is 1.98. The van der Waals surface area contributed by atoms with Crippen LogP contribution in [0.5, 0.6) is 5.75 Å². The monoisotopic (exact) mass is 336 g/mol. The van der Waals surface area contributed by atoms with Gasteiger partial charge >= 0.3 is 5.97 Å². The molecule has 0 fully saturated rings. The van der Waals surface area contributed by atoms with Gasteiger partial charge in [0, 0.05) is 11.3 Å². The smallest absolute Gasteiger partial charge is 0.311 e. The summed E-state index contributed by atoms with van der Waals surface area (Å²) in [6.07, 6.45) is 6.21. The molecule has 0 aliphatic rings. The van der Waals surface area contributed by atoms with E-state index in [1.54, 1.807) is 20.7 Å². The number of ether oxygens (including phenoxy) is 1. The van der Waals surface area contributed by atoms with Crippen molar-refractivity contribution < 1.29 is 9.53 Å². The van der Waals surface area contributed by atoms with Crippen LogP contribution in [-0.4, -0.2) is 5.97 Å². The number of unbranched alkanes of at least 4 members (excludes halogenated alkanes) is 1. The zero-order valence-electron chi connectivity index (χ0n) is 11.7. The Hall–Kier alpha value is -1.30. The van der Waals surface area contributed by atoms with Crippen molar-refractivity contribution in [1.82, 2.24) is 0 Å². The average Bonchev–Trinajstić information content (AvgIpc) is 2.91. The van der Waals surface area contributed by atoms with Crippen molar-refractivity contribution in [2.75, 3.05) is 0 Å². The molecule has 0 radical (unpaired) electrons. The van der Waals surface area contributed by atoms with Gasteiger partial charge < -0.3 is 4.74 Å². The summed E-state index contributed by atoms with van der Waals surface area (Å²) < 4.78 is 6.21. The van der Waals surface area contributed by atoms with E-state index in [1.807, 2.05) is 43.3 Å². The average molecular weight is 337 g/mol. The van der Waals surface area contributed by atoms with Gasteiger partial charge in [-0.2, -0.15) is 0 Å². The number of esters is 1. The molecule has 0 spiro atoms. The molecule has 0 unspecified atom stereocenters. The van der Waals surface area contributed by atoms with Crippen molar-refractivity contribution in [1.29, 1.82) is 0 Å². The van der Waals surface area contributed by atoms with Gasteiger partial charge in [-0.1, -0.05) is 45.1 Å². The fourth-order valence-electron chi connectivity index (χ4n) is 1.77. The molecule has 0 atom stereocenters. The van der Waals surface area contributed by atoms with E-state index in [2.05, 4.69) is 6.08 Å². The van der Waals surface area contributed by atoms with Gasteiger partial charge in [0.1, 0.15) is 9.57 Å². The lowest BCUT2D eigenvalue weighted by Gasteiger charge is -2.04. The molecule has 110 valence electrons. The maximum absolute atomic E-state index is 11.7. The van der Waals surface area contributed by atoms with E-state index in [1.165, 1.54) is 0 Å². The number of hydrogen-bond donors (Lipinski definition) is 0. The second-order valence-corrected chi connectivity index (χ2v) is 7.37. The number of carbonyl (C=O) groups excluding carboxylic acids is 1. The van der Waals surface area contributed by atoms with Crippen molar-refractivity contribution in [3.8, 4) is 16.2 Å². The van der Waals surface area contributed by atoms with Gasteiger partial charge in [0.05, 0.1) is 0 Å². The molecular weight excluding hydrogens is 320 g/mol. The minimum atomic E-state index is -0.182. The van der Waals surface area contributed by atoms with Crippen molar-refractivity contribution in [2.45, 2.75) is 26.2 Å². The van der Waals surface area contributed by atoms with Crippen LogP contribution in [0.2, 0.25) is 0 Å². The Morgan fingerprint density at radius 1 is 1.29 bits per heavy atom. The van der Waals surface area contributed by atoms with Gasteiger partial charge in [-0.15, -0.1) is 0 Å². The van der Waals surface area contributed by atoms with Crippen molar-refractivity contribution in [3.05, 3.63) is 46.3 Å². The first-order valence-corrected chi connectivity index (χ1v) is 9.27. The van der Waals surface area contributed by atoms with Crippen LogP contribution in [-0.2, 0) is 4.79 Å². The molecule has 2 rings (SSSR count). The molecule has 0 aliphatic carbocycles. The third kappa shape index (κ3) is 5.19.